The van der Waals surface area contributed by atoms with Crippen molar-refractivity contribution in [2.75, 3.05) is 5.32 Å². The summed E-state index contributed by atoms with van der Waals surface area (Å²) < 4.78 is 0.875. The zero-order chi connectivity index (χ0) is 13.8. The Hall–Kier alpha value is -2.30. The van der Waals surface area contributed by atoms with Crippen LogP contribution in [-0.2, 0) is 0 Å². The van der Waals surface area contributed by atoms with Crippen LogP contribution >= 0.6 is 15.9 Å². The minimum atomic E-state index is 0.535. The molecule has 19 heavy (non-hydrogen) atoms. The number of hydrogen-bond donors (Lipinski definition) is 1. The van der Waals surface area contributed by atoms with E-state index in [-0.39, 0.29) is 0 Å². The van der Waals surface area contributed by atoms with Crippen LogP contribution in [0.15, 0.2) is 40.9 Å². The maximum atomic E-state index is 9.14. The standard InChI is InChI=1S/C15H10BrN3/c1-10-2-5-14(12(6-10)9-18)19-15-7-13(16)4-3-11(15)8-17/h2-7,19H,1H3. The molecule has 0 bridgehead atoms. The van der Waals surface area contributed by atoms with E-state index in [4.69, 9.17) is 10.5 Å². The van der Waals surface area contributed by atoms with Crippen LogP contribution in [-0.4, -0.2) is 0 Å². The highest BCUT2D eigenvalue weighted by molar-refractivity contribution is 9.10. The van der Waals surface area contributed by atoms with Crippen LogP contribution in [0.3, 0.4) is 0 Å². The summed E-state index contributed by atoms with van der Waals surface area (Å²) in [4.78, 5) is 0. The van der Waals surface area contributed by atoms with Crippen molar-refractivity contribution in [2.45, 2.75) is 6.92 Å². The molecule has 0 fully saturated rings. The Morgan fingerprint density at radius 2 is 1.68 bits per heavy atom. The Morgan fingerprint density at radius 1 is 0.947 bits per heavy atom. The molecule has 2 aromatic rings. The first-order valence-electron chi connectivity index (χ1n) is 5.61. The Bertz CT molecular complexity index is 708. The van der Waals surface area contributed by atoms with Crippen LogP contribution in [0.25, 0.3) is 0 Å². The van der Waals surface area contributed by atoms with Crippen molar-refractivity contribution in [1.29, 1.82) is 10.5 Å². The van der Waals surface area contributed by atoms with E-state index in [0.717, 1.165) is 10.0 Å². The summed E-state index contributed by atoms with van der Waals surface area (Å²) in [5.41, 5.74) is 3.49. The molecule has 0 radical (unpaired) electrons. The van der Waals surface area contributed by atoms with Crippen molar-refractivity contribution in [2.24, 2.45) is 0 Å². The second-order valence-electron chi connectivity index (χ2n) is 4.09. The normalized spacial score (nSPS) is 9.47. The second kappa shape index (κ2) is 5.56. The van der Waals surface area contributed by atoms with Gasteiger partial charge in [-0.15, -0.1) is 0 Å². The first-order chi connectivity index (χ1) is 9.13. The lowest BCUT2D eigenvalue weighted by Gasteiger charge is -2.10. The first-order valence-corrected chi connectivity index (χ1v) is 6.41. The summed E-state index contributed by atoms with van der Waals surface area (Å²) >= 11 is 3.37. The number of nitrogens with one attached hydrogen (secondary N) is 1. The molecule has 0 aromatic heterocycles. The van der Waals surface area contributed by atoms with Crippen LogP contribution in [0.2, 0.25) is 0 Å². The Morgan fingerprint density at radius 3 is 2.37 bits per heavy atom. The van der Waals surface area contributed by atoms with Gasteiger partial charge in [-0.05, 0) is 42.8 Å². The molecular formula is C15H10BrN3. The maximum Gasteiger partial charge on any atom is 0.101 e. The molecule has 0 aliphatic rings. The van der Waals surface area contributed by atoms with Crippen LogP contribution < -0.4 is 5.32 Å². The number of nitrogens with zero attached hydrogens (tertiary/aromatic N) is 2. The van der Waals surface area contributed by atoms with Crippen LogP contribution in [0, 0.1) is 29.6 Å². The average Bonchev–Trinajstić information content (AvgIpc) is 2.41. The fourth-order valence-electron chi connectivity index (χ4n) is 1.72. The molecule has 2 rings (SSSR count). The van der Waals surface area contributed by atoms with Gasteiger partial charge in [0.1, 0.15) is 12.1 Å². The zero-order valence-corrected chi connectivity index (χ0v) is 11.8. The predicted molar refractivity (Wildman–Crippen MR) is 78.0 cm³/mol. The van der Waals surface area contributed by atoms with Gasteiger partial charge in [0.05, 0.1) is 22.5 Å². The van der Waals surface area contributed by atoms with E-state index in [2.05, 4.69) is 33.4 Å². The number of rotatable bonds is 2. The van der Waals surface area contributed by atoms with Crippen LogP contribution in [0.1, 0.15) is 16.7 Å². The Balaban J connectivity index is 2.45. The summed E-state index contributed by atoms with van der Waals surface area (Å²) in [7, 11) is 0. The van der Waals surface area contributed by atoms with Crippen molar-refractivity contribution in [3.05, 3.63) is 57.6 Å². The topological polar surface area (TPSA) is 59.6 Å². The molecule has 0 atom stereocenters. The van der Waals surface area contributed by atoms with Gasteiger partial charge in [-0.25, -0.2) is 0 Å². The number of nitriles is 2. The Kier molecular flexibility index (Phi) is 3.85. The van der Waals surface area contributed by atoms with Gasteiger partial charge in [0, 0.05) is 4.47 Å². The number of aryl methyl sites for hydroxylation is 1. The minimum Gasteiger partial charge on any atom is -0.353 e. The molecule has 0 amide bonds. The quantitative estimate of drug-likeness (QED) is 0.902. The van der Waals surface area contributed by atoms with E-state index < -0.39 is 0 Å². The molecule has 0 heterocycles. The van der Waals surface area contributed by atoms with E-state index in [1.165, 1.54) is 0 Å². The summed E-state index contributed by atoms with van der Waals surface area (Å²) in [6.07, 6.45) is 0. The highest BCUT2D eigenvalue weighted by atomic mass is 79.9. The third kappa shape index (κ3) is 2.93. The van der Waals surface area contributed by atoms with Crippen molar-refractivity contribution >= 4 is 27.3 Å². The molecular weight excluding hydrogens is 302 g/mol. The van der Waals surface area contributed by atoms with Gasteiger partial charge in [0.25, 0.3) is 0 Å². The second-order valence-corrected chi connectivity index (χ2v) is 5.00. The SMILES string of the molecule is Cc1ccc(Nc2cc(Br)ccc2C#N)c(C#N)c1. The molecule has 1 N–H and O–H groups in total. The van der Waals surface area contributed by atoms with Gasteiger partial charge in [-0.2, -0.15) is 10.5 Å². The smallest absolute Gasteiger partial charge is 0.101 e. The molecule has 0 aliphatic heterocycles. The monoisotopic (exact) mass is 311 g/mol. The largest absolute Gasteiger partial charge is 0.353 e. The van der Waals surface area contributed by atoms with E-state index in [9.17, 15) is 0 Å². The molecule has 4 heteroatoms. The van der Waals surface area contributed by atoms with Gasteiger partial charge in [-0.1, -0.05) is 22.0 Å². The summed E-state index contributed by atoms with van der Waals surface area (Å²) in [5, 5.41) is 21.4. The van der Waals surface area contributed by atoms with Gasteiger partial charge >= 0.3 is 0 Å². The van der Waals surface area contributed by atoms with Crippen molar-refractivity contribution in [3.63, 3.8) is 0 Å². The molecule has 0 saturated heterocycles. The van der Waals surface area contributed by atoms with Crippen LogP contribution in [0.5, 0.6) is 0 Å². The molecule has 0 saturated carbocycles. The van der Waals surface area contributed by atoms with E-state index in [1.807, 2.05) is 37.3 Å². The maximum absolute atomic E-state index is 9.14. The van der Waals surface area contributed by atoms with E-state index >= 15 is 0 Å². The molecule has 92 valence electrons. The lowest BCUT2D eigenvalue weighted by molar-refractivity contribution is 1.39. The van der Waals surface area contributed by atoms with Gasteiger partial charge < -0.3 is 5.32 Å². The highest BCUT2D eigenvalue weighted by Crippen LogP contribution is 2.26. The van der Waals surface area contributed by atoms with Crippen molar-refractivity contribution in [1.82, 2.24) is 0 Å². The average molecular weight is 312 g/mol. The number of anilines is 2. The lowest BCUT2D eigenvalue weighted by atomic mass is 10.1. The number of hydrogen-bond acceptors (Lipinski definition) is 3. The number of halogens is 1. The third-order valence-corrected chi connectivity index (χ3v) is 3.16. The van der Waals surface area contributed by atoms with E-state index in [1.54, 1.807) is 6.07 Å². The highest BCUT2D eigenvalue weighted by Gasteiger charge is 2.07. The van der Waals surface area contributed by atoms with Gasteiger partial charge in [0.2, 0.25) is 0 Å². The molecule has 0 aliphatic carbocycles. The Labute approximate surface area is 120 Å². The van der Waals surface area contributed by atoms with Gasteiger partial charge in [-0.3, -0.25) is 0 Å². The minimum absolute atomic E-state index is 0.535. The summed E-state index contributed by atoms with van der Waals surface area (Å²) in [5.74, 6) is 0. The molecule has 0 spiro atoms. The van der Waals surface area contributed by atoms with Crippen LogP contribution in [0.4, 0.5) is 11.4 Å². The van der Waals surface area contributed by atoms with Crippen molar-refractivity contribution in [3.8, 4) is 12.1 Å². The molecule has 3 nitrogen and oxygen atoms in total. The van der Waals surface area contributed by atoms with Crippen molar-refractivity contribution < 1.29 is 0 Å². The van der Waals surface area contributed by atoms with E-state index in [0.29, 0.717) is 22.5 Å². The zero-order valence-electron chi connectivity index (χ0n) is 10.2. The molecule has 2 aromatic carbocycles. The summed E-state index contributed by atoms with van der Waals surface area (Å²) in [6, 6.07) is 15.2. The predicted octanol–water partition coefficient (Wildman–Crippen LogP) is 4.24. The fourth-order valence-corrected chi connectivity index (χ4v) is 2.08. The third-order valence-electron chi connectivity index (χ3n) is 2.67. The first kappa shape index (κ1) is 13.1. The number of benzene rings is 2. The molecule has 0 unspecified atom stereocenters. The lowest BCUT2D eigenvalue weighted by Crippen LogP contribution is -1.96. The van der Waals surface area contributed by atoms with Gasteiger partial charge in [0.15, 0.2) is 0 Å². The fraction of sp³-hybridized carbons (Fsp3) is 0.0667. The summed E-state index contributed by atoms with van der Waals surface area (Å²) in [6.45, 7) is 1.93.